The Hall–Kier alpha value is -1.35. The molecule has 0 bridgehead atoms. The summed E-state index contributed by atoms with van der Waals surface area (Å²) in [5.74, 6) is 0.344. The number of esters is 1. The fourth-order valence-electron chi connectivity index (χ4n) is 1.93. The fraction of sp³-hybridized carbons (Fsp3) is 0.533. The maximum atomic E-state index is 11.5. The van der Waals surface area contributed by atoms with E-state index in [4.69, 9.17) is 10.5 Å². The first-order valence-electron chi connectivity index (χ1n) is 6.54. The van der Waals surface area contributed by atoms with Gasteiger partial charge in [-0.05, 0) is 30.5 Å². The third kappa shape index (κ3) is 4.15. The molecule has 0 aliphatic carbocycles. The summed E-state index contributed by atoms with van der Waals surface area (Å²) in [5, 5.41) is 0. The van der Waals surface area contributed by atoms with E-state index in [0.717, 1.165) is 5.56 Å². The van der Waals surface area contributed by atoms with Gasteiger partial charge in [-0.1, -0.05) is 38.1 Å². The van der Waals surface area contributed by atoms with E-state index in [0.29, 0.717) is 25.5 Å². The maximum Gasteiger partial charge on any atom is 0.306 e. The lowest BCUT2D eigenvalue weighted by Crippen LogP contribution is -2.18. The quantitative estimate of drug-likeness (QED) is 0.789. The van der Waals surface area contributed by atoms with E-state index < -0.39 is 0 Å². The Bertz CT molecular complexity index is 388. The number of ether oxygens (including phenoxy) is 1. The molecule has 0 aliphatic rings. The average molecular weight is 249 g/mol. The van der Waals surface area contributed by atoms with Gasteiger partial charge in [-0.2, -0.15) is 0 Å². The van der Waals surface area contributed by atoms with Crippen molar-refractivity contribution in [1.29, 1.82) is 0 Å². The van der Waals surface area contributed by atoms with E-state index in [1.54, 1.807) is 0 Å². The third-order valence-corrected chi connectivity index (χ3v) is 3.05. The van der Waals surface area contributed by atoms with Gasteiger partial charge in [0.25, 0.3) is 0 Å². The molecule has 1 aromatic rings. The van der Waals surface area contributed by atoms with Gasteiger partial charge < -0.3 is 10.5 Å². The Kier molecular flexibility index (Phi) is 5.86. The van der Waals surface area contributed by atoms with E-state index >= 15 is 0 Å². The van der Waals surface area contributed by atoms with Gasteiger partial charge in [-0.15, -0.1) is 0 Å². The summed E-state index contributed by atoms with van der Waals surface area (Å²) >= 11 is 0. The number of benzene rings is 1. The van der Waals surface area contributed by atoms with Gasteiger partial charge in [-0.25, -0.2) is 0 Å². The molecule has 3 nitrogen and oxygen atoms in total. The molecule has 2 N–H and O–H groups in total. The number of rotatable bonds is 6. The summed E-state index contributed by atoms with van der Waals surface area (Å²) < 4.78 is 4.98. The predicted octanol–water partition coefficient (Wildman–Crippen LogP) is 2.81. The molecule has 1 unspecified atom stereocenters. The zero-order valence-electron chi connectivity index (χ0n) is 11.5. The van der Waals surface area contributed by atoms with E-state index in [-0.39, 0.29) is 11.9 Å². The zero-order chi connectivity index (χ0) is 13.5. The Morgan fingerprint density at radius 1 is 1.33 bits per heavy atom. The molecule has 0 saturated carbocycles. The molecule has 3 heteroatoms. The summed E-state index contributed by atoms with van der Waals surface area (Å²) in [6.07, 6.45) is 0.353. The van der Waals surface area contributed by atoms with Crippen molar-refractivity contribution >= 4 is 5.97 Å². The van der Waals surface area contributed by atoms with Crippen LogP contribution in [-0.2, 0) is 9.53 Å². The van der Waals surface area contributed by atoms with Crippen LogP contribution in [0.3, 0.4) is 0 Å². The van der Waals surface area contributed by atoms with Crippen LogP contribution < -0.4 is 5.73 Å². The molecule has 0 spiro atoms. The van der Waals surface area contributed by atoms with Crippen LogP contribution in [0.4, 0.5) is 0 Å². The molecule has 1 rings (SSSR count). The second kappa shape index (κ2) is 7.17. The van der Waals surface area contributed by atoms with Crippen molar-refractivity contribution in [1.82, 2.24) is 0 Å². The van der Waals surface area contributed by atoms with Gasteiger partial charge in [0.2, 0.25) is 0 Å². The number of nitrogens with two attached hydrogens (primary N) is 1. The van der Waals surface area contributed by atoms with E-state index in [2.05, 4.69) is 26.0 Å². The van der Waals surface area contributed by atoms with Crippen molar-refractivity contribution in [2.45, 2.75) is 39.0 Å². The molecule has 0 amide bonds. The molecule has 0 aliphatic heterocycles. The zero-order valence-corrected chi connectivity index (χ0v) is 11.5. The predicted molar refractivity (Wildman–Crippen MR) is 73.6 cm³/mol. The molecular formula is C15H23NO2. The SMILES string of the molecule is CCOC(=O)CC(CN)c1cccc(C(C)C)c1. The molecule has 0 fully saturated rings. The summed E-state index contributed by atoms with van der Waals surface area (Å²) in [4.78, 5) is 11.5. The highest BCUT2D eigenvalue weighted by Crippen LogP contribution is 2.23. The summed E-state index contributed by atoms with van der Waals surface area (Å²) in [5.41, 5.74) is 8.16. The molecule has 0 heterocycles. The lowest BCUT2D eigenvalue weighted by Gasteiger charge is -2.16. The molecule has 18 heavy (non-hydrogen) atoms. The fourth-order valence-corrected chi connectivity index (χ4v) is 1.93. The van der Waals surface area contributed by atoms with Crippen molar-refractivity contribution in [2.24, 2.45) is 5.73 Å². The van der Waals surface area contributed by atoms with Gasteiger partial charge in [-0.3, -0.25) is 4.79 Å². The lowest BCUT2D eigenvalue weighted by molar-refractivity contribution is -0.143. The lowest BCUT2D eigenvalue weighted by atomic mass is 9.92. The topological polar surface area (TPSA) is 52.3 Å². The van der Waals surface area contributed by atoms with E-state index in [1.807, 2.05) is 19.1 Å². The van der Waals surface area contributed by atoms with Crippen LogP contribution in [0, 0.1) is 0 Å². The average Bonchev–Trinajstić information content (AvgIpc) is 2.36. The monoisotopic (exact) mass is 249 g/mol. The van der Waals surface area contributed by atoms with Crippen LogP contribution >= 0.6 is 0 Å². The van der Waals surface area contributed by atoms with Crippen molar-refractivity contribution < 1.29 is 9.53 Å². The Morgan fingerprint density at radius 2 is 2.00 bits per heavy atom. The van der Waals surface area contributed by atoms with Crippen LogP contribution in [0.15, 0.2) is 24.3 Å². The summed E-state index contributed by atoms with van der Waals surface area (Å²) in [6, 6.07) is 8.30. The minimum absolute atomic E-state index is 0.0442. The maximum absolute atomic E-state index is 11.5. The molecule has 0 saturated heterocycles. The van der Waals surface area contributed by atoms with E-state index in [1.165, 1.54) is 5.56 Å². The second-order valence-corrected chi connectivity index (χ2v) is 4.77. The van der Waals surface area contributed by atoms with Crippen LogP contribution in [0.5, 0.6) is 0 Å². The van der Waals surface area contributed by atoms with Crippen molar-refractivity contribution in [3.05, 3.63) is 35.4 Å². The molecule has 0 aromatic heterocycles. The van der Waals surface area contributed by atoms with Gasteiger partial charge in [0.1, 0.15) is 0 Å². The Morgan fingerprint density at radius 3 is 2.56 bits per heavy atom. The Labute approximate surface area is 109 Å². The van der Waals surface area contributed by atoms with Gasteiger partial charge >= 0.3 is 5.97 Å². The highest BCUT2D eigenvalue weighted by molar-refractivity contribution is 5.70. The first-order chi connectivity index (χ1) is 8.58. The van der Waals surface area contributed by atoms with Crippen LogP contribution in [-0.4, -0.2) is 19.1 Å². The minimum Gasteiger partial charge on any atom is -0.466 e. The number of carbonyl (C=O) groups is 1. The van der Waals surface area contributed by atoms with Crippen LogP contribution in [0.1, 0.15) is 50.2 Å². The standard InChI is InChI=1S/C15H23NO2/c1-4-18-15(17)9-14(10-16)13-7-5-6-12(8-13)11(2)3/h5-8,11,14H,4,9-10,16H2,1-3H3. The van der Waals surface area contributed by atoms with Gasteiger partial charge in [0, 0.05) is 5.92 Å². The van der Waals surface area contributed by atoms with Crippen molar-refractivity contribution in [2.75, 3.05) is 13.2 Å². The first kappa shape index (κ1) is 14.7. The highest BCUT2D eigenvalue weighted by atomic mass is 16.5. The smallest absolute Gasteiger partial charge is 0.306 e. The largest absolute Gasteiger partial charge is 0.466 e. The summed E-state index contributed by atoms with van der Waals surface area (Å²) in [6.45, 7) is 7.00. The van der Waals surface area contributed by atoms with Gasteiger partial charge in [0.15, 0.2) is 0 Å². The van der Waals surface area contributed by atoms with E-state index in [9.17, 15) is 4.79 Å². The third-order valence-electron chi connectivity index (χ3n) is 3.05. The molecule has 0 radical (unpaired) electrons. The molecule has 1 aromatic carbocycles. The van der Waals surface area contributed by atoms with Crippen LogP contribution in [0.2, 0.25) is 0 Å². The molecule has 1 atom stereocenters. The molecular weight excluding hydrogens is 226 g/mol. The molecule has 100 valence electrons. The summed E-state index contributed by atoms with van der Waals surface area (Å²) in [7, 11) is 0. The normalized spacial score (nSPS) is 12.5. The Balaban J connectivity index is 2.81. The number of hydrogen-bond donors (Lipinski definition) is 1. The van der Waals surface area contributed by atoms with Crippen molar-refractivity contribution in [3.63, 3.8) is 0 Å². The number of carbonyl (C=O) groups excluding carboxylic acids is 1. The first-order valence-corrected chi connectivity index (χ1v) is 6.54. The van der Waals surface area contributed by atoms with Gasteiger partial charge in [0.05, 0.1) is 13.0 Å². The second-order valence-electron chi connectivity index (χ2n) is 4.77. The van der Waals surface area contributed by atoms with Crippen LogP contribution in [0.25, 0.3) is 0 Å². The highest BCUT2D eigenvalue weighted by Gasteiger charge is 2.16. The number of hydrogen-bond acceptors (Lipinski definition) is 3. The minimum atomic E-state index is -0.178. The van der Waals surface area contributed by atoms with Crippen molar-refractivity contribution in [3.8, 4) is 0 Å².